The lowest BCUT2D eigenvalue weighted by atomic mass is 9.89. The zero-order chi connectivity index (χ0) is 28.6. The van der Waals surface area contributed by atoms with Gasteiger partial charge in [0.25, 0.3) is 0 Å². The van der Waals surface area contributed by atoms with E-state index in [4.69, 9.17) is 4.74 Å². The first-order valence-corrected chi connectivity index (χ1v) is 12.7. The molecule has 0 bridgehead atoms. The Morgan fingerprint density at radius 2 is 1.67 bits per heavy atom. The molecule has 3 amide bonds. The van der Waals surface area contributed by atoms with Crippen molar-refractivity contribution in [3.63, 3.8) is 0 Å². The van der Waals surface area contributed by atoms with Gasteiger partial charge in [-0.2, -0.15) is 0 Å². The lowest BCUT2D eigenvalue weighted by Crippen LogP contribution is -2.45. The van der Waals surface area contributed by atoms with E-state index in [1.165, 1.54) is 24.3 Å². The fourth-order valence-electron chi connectivity index (χ4n) is 4.14. The number of esters is 1. The van der Waals surface area contributed by atoms with E-state index < -0.39 is 42.6 Å². The highest BCUT2D eigenvalue weighted by Gasteiger charge is 2.27. The van der Waals surface area contributed by atoms with Crippen LogP contribution in [0.4, 0.5) is 16.2 Å². The number of benzene rings is 2. The maximum absolute atomic E-state index is 13.1. The van der Waals surface area contributed by atoms with Crippen molar-refractivity contribution >= 4 is 41.0 Å². The Balaban J connectivity index is 1.76. The summed E-state index contributed by atoms with van der Waals surface area (Å²) in [5, 5.41) is 17.7. The van der Waals surface area contributed by atoms with Crippen LogP contribution < -0.4 is 16.0 Å². The number of hydrogen-bond acceptors (Lipinski definition) is 7. The number of anilines is 2. The lowest BCUT2D eigenvalue weighted by molar-refractivity contribution is -0.155. The summed E-state index contributed by atoms with van der Waals surface area (Å²) in [6.07, 6.45) is 1.40. The summed E-state index contributed by atoms with van der Waals surface area (Å²) in [6, 6.07) is 11.4. The predicted octanol–water partition coefficient (Wildman–Crippen LogP) is 3.38. The molecule has 0 aromatic heterocycles. The highest BCUT2D eigenvalue weighted by atomic mass is 16.6. The van der Waals surface area contributed by atoms with Gasteiger partial charge in [-0.1, -0.05) is 18.2 Å². The number of carboxylic acid groups (broad SMARTS) is 1. The smallest absolute Gasteiger partial charge is 0.335 e. The molecule has 1 fully saturated rings. The summed E-state index contributed by atoms with van der Waals surface area (Å²) in [5.41, 5.74) is 0.0153. The Morgan fingerprint density at radius 3 is 2.33 bits per heavy atom. The van der Waals surface area contributed by atoms with Crippen molar-refractivity contribution in [2.45, 2.75) is 39.2 Å². The van der Waals surface area contributed by atoms with E-state index >= 15 is 0 Å². The fraction of sp³-hybridized carbons (Fsp3) is 0.393. The molecule has 0 aliphatic carbocycles. The first-order valence-electron chi connectivity index (χ1n) is 12.7. The molecule has 0 radical (unpaired) electrons. The summed E-state index contributed by atoms with van der Waals surface area (Å²) in [7, 11) is 0. The molecule has 2 aromatic rings. The highest BCUT2D eigenvalue weighted by molar-refractivity contribution is 6.07. The molecule has 11 heteroatoms. The Bertz CT molecular complexity index is 1230. The average Bonchev–Trinajstić information content (AvgIpc) is 2.87. The second-order valence-corrected chi connectivity index (χ2v) is 10.2. The molecule has 0 unspecified atom stereocenters. The third kappa shape index (κ3) is 8.92. The minimum Gasteiger partial charge on any atom is -0.478 e. The van der Waals surface area contributed by atoms with E-state index in [1.54, 1.807) is 45.0 Å². The van der Waals surface area contributed by atoms with Crippen molar-refractivity contribution in [1.29, 1.82) is 0 Å². The number of Topliss-reactive ketones (excluding diaryl/α,β-unsaturated/α-hetero) is 1. The fourth-order valence-corrected chi connectivity index (χ4v) is 4.14. The third-order valence-corrected chi connectivity index (χ3v) is 5.90. The van der Waals surface area contributed by atoms with Crippen LogP contribution in [0, 0.1) is 5.92 Å². The lowest BCUT2D eigenvalue weighted by Gasteiger charge is -2.25. The highest BCUT2D eigenvalue weighted by Crippen LogP contribution is 2.24. The summed E-state index contributed by atoms with van der Waals surface area (Å²) in [4.78, 5) is 64.0. The van der Waals surface area contributed by atoms with Crippen molar-refractivity contribution in [2.75, 3.05) is 36.8 Å². The van der Waals surface area contributed by atoms with Crippen molar-refractivity contribution in [2.24, 2.45) is 5.92 Å². The second-order valence-electron chi connectivity index (χ2n) is 10.2. The number of amides is 3. The van der Waals surface area contributed by atoms with Crippen LogP contribution in [0.3, 0.4) is 0 Å². The summed E-state index contributed by atoms with van der Waals surface area (Å²) < 4.78 is 5.32. The zero-order valence-electron chi connectivity index (χ0n) is 22.3. The van der Waals surface area contributed by atoms with Crippen LogP contribution in [0.2, 0.25) is 0 Å². The van der Waals surface area contributed by atoms with Gasteiger partial charge in [0.05, 0.1) is 11.3 Å². The van der Waals surface area contributed by atoms with Gasteiger partial charge in [-0.3, -0.25) is 14.4 Å². The molecule has 0 atom stereocenters. The zero-order valence-corrected chi connectivity index (χ0v) is 22.3. The normalized spacial score (nSPS) is 13.7. The number of rotatable bonds is 9. The number of urea groups is 1. The van der Waals surface area contributed by atoms with Crippen LogP contribution in [0.25, 0.3) is 0 Å². The molecule has 0 saturated carbocycles. The van der Waals surface area contributed by atoms with Gasteiger partial charge < -0.3 is 30.7 Å². The number of ether oxygens (including phenoxy) is 1. The molecule has 1 saturated heterocycles. The minimum atomic E-state index is -1.17. The Kier molecular flexibility index (Phi) is 9.78. The Hall–Kier alpha value is -4.25. The Labute approximate surface area is 226 Å². The van der Waals surface area contributed by atoms with Gasteiger partial charge in [-0.15, -0.1) is 0 Å². The molecule has 0 spiro atoms. The molecule has 4 N–H and O–H groups in total. The van der Waals surface area contributed by atoms with E-state index in [2.05, 4.69) is 16.0 Å². The number of carbonyl (C=O) groups excluding carboxylic acids is 4. The van der Waals surface area contributed by atoms with Crippen LogP contribution in [0.15, 0.2) is 48.5 Å². The molecule has 11 nitrogen and oxygen atoms in total. The minimum absolute atomic E-state index is 0.0424. The van der Waals surface area contributed by atoms with Gasteiger partial charge in [-0.25, -0.2) is 9.59 Å². The quantitative estimate of drug-likeness (QED) is 0.280. The predicted molar refractivity (Wildman–Crippen MR) is 145 cm³/mol. The molecule has 2 aromatic carbocycles. The van der Waals surface area contributed by atoms with Crippen molar-refractivity contribution < 1.29 is 33.8 Å². The number of hydrogen-bond donors (Lipinski definition) is 4. The maximum atomic E-state index is 13.1. The van der Waals surface area contributed by atoms with Gasteiger partial charge in [0, 0.05) is 17.2 Å². The molecule has 208 valence electrons. The number of carboxylic acids is 1. The molecule has 39 heavy (non-hydrogen) atoms. The van der Waals surface area contributed by atoms with Crippen molar-refractivity contribution in [3.8, 4) is 0 Å². The van der Waals surface area contributed by atoms with Gasteiger partial charge in [0.15, 0.2) is 5.78 Å². The third-order valence-electron chi connectivity index (χ3n) is 5.90. The topological polar surface area (TPSA) is 154 Å². The van der Waals surface area contributed by atoms with Crippen LogP contribution >= 0.6 is 0 Å². The molecular formula is C28H34N4O7. The first kappa shape index (κ1) is 29.3. The average molecular weight is 539 g/mol. The van der Waals surface area contributed by atoms with Gasteiger partial charge >= 0.3 is 18.0 Å². The number of carbonyl (C=O) groups is 5. The summed E-state index contributed by atoms with van der Waals surface area (Å²) in [5.74, 6) is -2.74. The molecular weight excluding hydrogens is 504 g/mol. The summed E-state index contributed by atoms with van der Waals surface area (Å²) in [6.45, 7) is 5.45. The van der Waals surface area contributed by atoms with E-state index in [0.29, 0.717) is 24.1 Å². The molecule has 1 heterocycles. The van der Waals surface area contributed by atoms with E-state index in [1.807, 2.05) is 0 Å². The van der Waals surface area contributed by atoms with Crippen molar-refractivity contribution in [3.05, 3.63) is 59.7 Å². The van der Waals surface area contributed by atoms with Crippen LogP contribution in [0.5, 0.6) is 0 Å². The van der Waals surface area contributed by atoms with Crippen LogP contribution in [-0.4, -0.2) is 71.4 Å². The second kappa shape index (κ2) is 13.0. The number of piperidine rings is 1. The SMILES string of the molecule is CC(C)(C)OC(=O)CN(CC(=O)Nc1ccccc1C(=O)C1CCNCC1)C(=O)Nc1cccc(C(=O)O)c1. The monoisotopic (exact) mass is 538 g/mol. The van der Waals surface area contributed by atoms with Crippen LogP contribution in [0.1, 0.15) is 54.3 Å². The van der Waals surface area contributed by atoms with Gasteiger partial charge in [0.2, 0.25) is 5.91 Å². The standard InChI is InChI=1S/C28H34N4O7/c1-28(2,3)39-24(34)17-32(27(38)30-20-8-6-7-19(15-20)26(36)37)16-23(33)31-22-10-5-4-9-21(22)25(35)18-11-13-29-14-12-18/h4-10,15,18,29H,11-14,16-17H2,1-3H3,(H,30,38)(H,31,33)(H,36,37). The first-order chi connectivity index (χ1) is 18.4. The van der Waals surface area contributed by atoms with Crippen LogP contribution in [-0.2, 0) is 14.3 Å². The van der Waals surface area contributed by atoms with Gasteiger partial charge in [0.1, 0.15) is 18.7 Å². The van der Waals surface area contributed by atoms with Gasteiger partial charge in [-0.05, 0) is 77.0 Å². The number of nitrogens with zero attached hydrogens (tertiary/aromatic N) is 1. The largest absolute Gasteiger partial charge is 0.478 e. The van der Waals surface area contributed by atoms with Crippen molar-refractivity contribution in [1.82, 2.24) is 10.2 Å². The van der Waals surface area contributed by atoms with E-state index in [0.717, 1.165) is 18.0 Å². The number of aromatic carboxylic acids is 1. The molecule has 1 aliphatic rings. The number of ketones is 1. The van der Waals surface area contributed by atoms with E-state index in [-0.39, 0.29) is 23.0 Å². The van der Waals surface area contributed by atoms with E-state index in [9.17, 15) is 29.1 Å². The Morgan fingerprint density at radius 1 is 0.974 bits per heavy atom. The molecule has 1 aliphatic heterocycles. The molecule has 3 rings (SSSR count). The number of nitrogens with one attached hydrogen (secondary N) is 3. The maximum Gasteiger partial charge on any atom is 0.335 e. The summed E-state index contributed by atoms with van der Waals surface area (Å²) >= 11 is 0. The number of para-hydroxylation sites is 1.